The van der Waals surface area contributed by atoms with E-state index in [1.54, 1.807) is 0 Å². The lowest BCUT2D eigenvalue weighted by molar-refractivity contribution is 0.0985. The number of likely N-dealkylation sites (tertiary alicyclic amines) is 1. The Morgan fingerprint density at radius 3 is 2.53 bits per heavy atom. The number of rotatable bonds is 4. The number of hydrogen-bond acceptors (Lipinski definition) is 2. The van der Waals surface area contributed by atoms with Crippen LogP contribution in [0.4, 0.5) is 8.78 Å². The van der Waals surface area contributed by atoms with E-state index in [4.69, 9.17) is 5.73 Å². The second kappa shape index (κ2) is 5.55. The summed E-state index contributed by atoms with van der Waals surface area (Å²) in [5, 5.41) is 0. The SMILES string of the molecule is CCC(C)(C(N)c1cc(F)ccc1F)N1CCCC1. The highest BCUT2D eigenvalue weighted by molar-refractivity contribution is 5.25. The lowest BCUT2D eigenvalue weighted by atomic mass is 9.83. The maximum absolute atomic E-state index is 13.9. The van der Waals surface area contributed by atoms with Crippen molar-refractivity contribution in [1.29, 1.82) is 0 Å². The average Bonchev–Trinajstić information content (AvgIpc) is 2.94. The van der Waals surface area contributed by atoms with Crippen LogP contribution in [0, 0.1) is 11.6 Å². The van der Waals surface area contributed by atoms with Gasteiger partial charge in [0.2, 0.25) is 0 Å². The van der Waals surface area contributed by atoms with Crippen molar-refractivity contribution in [3.63, 3.8) is 0 Å². The Kier molecular flexibility index (Phi) is 4.21. The van der Waals surface area contributed by atoms with Crippen LogP contribution in [-0.2, 0) is 0 Å². The summed E-state index contributed by atoms with van der Waals surface area (Å²) >= 11 is 0. The van der Waals surface area contributed by atoms with E-state index < -0.39 is 17.7 Å². The van der Waals surface area contributed by atoms with Crippen LogP contribution >= 0.6 is 0 Å². The number of nitrogens with zero attached hydrogens (tertiary/aromatic N) is 1. The molecule has 2 rings (SSSR count). The van der Waals surface area contributed by atoms with Crippen LogP contribution in [0.1, 0.15) is 44.7 Å². The van der Waals surface area contributed by atoms with Gasteiger partial charge in [0.05, 0.1) is 6.04 Å². The second-order valence-electron chi connectivity index (χ2n) is 5.55. The fourth-order valence-electron chi connectivity index (χ4n) is 2.96. The van der Waals surface area contributed by atoms with Crippen LogP contribution in [0.15, 0.2) is 18.2 Å². The first-order valence-corrected chi connectivity index (χ1v) is 6.94. The van der Waals surface area contributed by atoms with Crippen LogP contribution in [0.2, 0.25) is 0 Å². The third-order valence-electron chi connectivity index (χ3n) is 4.51. The first-order valence-electron chi connectivity index (χ1n) is 6.94. The van der Waals surface area contributed by atoms with E-state index in [1.165, 1.54) is 6.07 Å². The molecule has 1 fully saturated rings. The molecule has 0 amide bonds. The number of nitrogens with two attached hydrogens (primary N) is 1. The Balaban J connectivity index is 2.34. The fraction of sp³-hybridized carbons (Fsp3) is 0.600. The maximum atomic E-state index is 13.9. The molecule has 0 aliphatic carbocycles. The molecule has 2 N–H and O–H groups in total. The minimum Gasteiger partial charge on any atom is -0.322 e. The molecule has 2 atom stereocenters. The molecule has 19 heavy (non-hydrogen) atoms. The van der Waals surface area contributed by atoms with Crippen LogP contribution in [-0.4, -0.2) is 23.5 Å². The van der Waals surface area contributed by atoms with Crippen molar-refractivity contribution in [2.24, 2.45) is 5.73 Å². The smallest absolute Gasteiger partial charge is 0.128 e. The quantitative estimate of drug-likeness (QED) is 0.908. The molecule has 0 saturated carbocycles. The summed E-state index contributed by atoms with van der Waals surface area (Å²) in [6, 6.07) is 2.99. The van der Waals surface area contributed by atoms with E-state index in [1.807, 2.05) is 6.92 Å². The van der Waals surface area contributed by atoms with Gasteiger partial charge in [0.15, 0.2) is 0 Å². The zero-order valence-electron chi connectivity index (χ0n) is 11.6. The van der Waals surface area contributed by atoms with Crippen molar-refractivity contribution in [3.8, 4) is 0 Å². The largest absolute Gasteiger partial charge is 0.322 e. The summed E-state index contributed by atoms with van der Waals surface area (Å²) in [4.78, 5) is 2.31. The van der Waals surface area contributed by atoms with Gasteiger partial charge in [-0.1, -0.05) is 6.92 Å². The van der Waals surface area contributed by atoms with E-state index >= 15 is 0 Å². The lowest BCUT2D eigenvalue weighted by Gasteiger charge is -2.43. The number of benzene rings is 1. The van der Waals surface area contributed by atoms with Gasteiger partial charge in [-0.05, 0) is 57.5 Å². The summed E-state index contributed by atoms with van der Waals surface area (Å²) < 4.78 is 27.2. The monoisotopic (exact) mass is 268 g/mol. The second-order valence-corrected chi connectivity index (χ2v) is 5.55. The molecule has 106 valence electrons. The topological polar surface area (TPSA) is 29.3 Å². The van der Waals surface area contributed by atoms with E-state index in [2.05, 4.69) is 11.8 Å². The number of halogens is 2. The van der Waals surface area contributed by atoms with Gasteiger partial charge in [0.1, 0.15) is 11.6 Å². The predicted octanol–water partition coefficient (Wildman–Crippen LogP) is 3.23. The predicted molar refractivity (Wildman–Crippen MR) is 72.8 cm³/mol. The van der Waals surface area contributed by atoms with Gasteiger partial charge >= 0.3 is 0 Å². The molecule has 2 unspecified atom stereocenters. The van der Waals surface area contributed by atoms with Gasteiger partial charge in [-0.15, -0.1) is 0 Å². The van der Waals surface area contributed by atoms with Crippen molar-refractivity contribution in [2.75, 3.05) is 13.1 Å². The van der Waals surface area contributed by atoms with Gasteiger partial charge in [-0.2, -0.15) is 0 Å². The number of hydrogen-bond donors (Lipinski definition) is 1. The summed E-state index contributed by atoms with van der Waals surface area (Å²) in [5.41, 5.74) is 6.23. The zero-order valence-corrected chi connectivity index (χ0v) is 11.6. The standard InChI is InChI=1S/C15H22F2N2/c1-3-15(2,19-8-4-5-9-19)14(18)12-10-11(16)6-7-13(12)17/h6-7,10,14H,3-5,8-9,18H2,1-2H3. The molecule has 0 spiro atoms. The van der Waals surface area contributed by atoms with Crippen LogP contribution in [0.3, 0.4) is 0 Å². The van der Waals surface area contributed by atoms with Crippen molar-refractivity contribution in [1.82, 2.24) is 4.90 Å². The van der Waals surface area contributed by atoms with Crippen LogP contribution in [0.5, 0.6) is 0 Å². The maximum Gasteiger partial charge on any atom is 0.128 e. The van der Waals surface area contributed by atoms with E-state index in [0.29, 0.717) is 0 Å². The molecule has 1 heterocycles. The highest BCUT2D eigenvalue weighted by atomic mass is 19.1. The highest BCUT2D eigenvalue weighted by Crippen LogP contribution is 2.35. The van der Waals surface area contributed by atoms with Crippen LogP contribution in [0.25, 0.3) is 0 Å². The molecular weight excluding hydrogens is 246 g/mol. The van der Waals surface area contributed by atoms with Gasteiger partial charge in [-0.25, -0.2) is 8.78 Å². The normalized spacial score (nSPS) is 21.3. The Labute approximate surface area is 113 Å². The molecular formula is C15H22F2N2. The fourth-order valence-corrected chi connectivity index (χ4v) is 2.96. The molecule has 2 nitrogen and oxygen atoms in total. The molecule has 1 aliphatic rings. The third-order valence-corrected chi connectivity index (χ3v) is 4.51. The summed E-state index contributed by atoms with van der Waals surface area (Å²) in [7, 11) is 0. The van der Waals surface area contributed by atoms with Gasteiger partial charge in [0, 0.05) is 11.1 Å². The average molecular weight is 268 g/mol. The minimum atomic E-state index is -0.522. The first kappa shape index (κ1) is 14.4. The van der Waals surface area contributed by atoms with E-state index in [-0.39, 0.29) is 11.1 Å². The molecule has 1 saturated heterocycles. The minimum absolute atomic E-state index is 0.274. The Bertz CT molecular complexity index is 444. The van der Waals surface area contributed by atoms with E-state index in [9.17, 15) is 8.78 Å². The van der Waals surface area contributed by atoms with Gasteiger partial charge in [-0.3, -0.25) is 4.90 Å². The third kappa shape index (κ3) is 2.65. The lowest BCUT2D eigenvalue weighted by Crippen LogP contribution is -2.52. The molecule has 1 aliphatic heterocycles. The van der Waals surface area contributed by atoms with E-state index in [0.717, 1.165) is 44.5 Å². The zero-order chi connectivity index (χ0) is 14.0. The molecule has 4 heteroatoms. The highest BCUT2D eigenvalue weighted by Gasteiger charge is 2.39. The Morgan fingerprint density at radius 1 is 1.32 bits per heavy atom. The van der Waals surface area contributed by atoms with Gasteiger partial charge < -0.3 is 5.73 Å². The molecule has 1 aromatic rings. The first-order chi connectivity index (χ1) is 8.99. The summed E-state index contributed by atoms with van der Waals surface area (Å²) in [6.45, 7) is 6.06. The molecule has 1 aromatic carbocycles. The van der Waals surface area contributed by atoms with Gasteiger partial charge in [0.25, 0.3) is 0 Å². The van der Waals surface area contributed by atoms with Crippen molar-refractivity contribution < 1.29 is 8.78 Å². The van der Waals surface area contributed by atoms with Crippen molar-refractivity contribution >= 4 is 0 Å². The van der Waals surface area contributed by atoms with Crippen molar-refractivity contribution in [2.45, 2.75) is 44.7 Å². The molecule has 0 bridgehead atoms. The van der Waals surface area contributed by atoms with Crippen molar-refractivity contribution in [3.05, 3.63) is 35.4 Å². The summed E-state index contributed by atoms with van der Waals surface area (Å²) in [5.74, 6) is -0.862. The molecule has 0 radical (unpaired) electrons. The Morgan fingerprint density at radius 2 is 1.95 bits per heavy atom. The van der Waals surface area contributed by atoms with Crippen LogP contribution < -0.4 is 5.73 Å². The summed E-state index contributed by atoms with van der Waals surface area (Å²) in [6.07, 6.45) is 3.10. The molecule has 0 aromatic heterocycles. The Hall–Kier alpha value is -1.00.